The largest absolute Gasteiger partial charge is 0.474 e. The van der Waals surface area contributed by atoms with Gasteiger partial charge in [0.15, 0.2) is 0 Å². The van der Waals surface area contributed by atoms with Gasteiger partial charge in [0.25, 0.3) is 0 Å². The second-order valence-corrected chi connectivity index (χ2v) is 12.2. The van der Waals surface area contributed by atoms with Crippen molar-refractivity contribution in [3.63, 3.8) is 0 Å². The van der Waals surface area contributed by atoms with Gasteiger partial charge >= 0.3 is 6.18 Å². The summed E-state index contributed by atoms with van der Waals surface area (Å²) >= 11 is 0. The number of H-pyrrole nitrogens is 1. The number of ether oxygens (including phenoxy) is 2. The van der Waals surface area contributed by atoms with E-state index < -0.39 is 17.4 Å². The van der Waals surface area contributed by atoms with Gasteiger partial charge in [-0.2, -0.15) is 23.5 Å². The predicted octanol–water partition coefficient (Wildman–Crippen LogP) is 4.38. The van der Waals surface area contributed by atoms with Gasteiger partial charge in [-0.3, -0.25) is 14.5 Å². The molecule has 2 aliphatic heterocycles. The lowest BCUT2D eigenvalue weighted by Crippen LogP contribution is -2.65. The number of alkyl halides is 3. The topological polar surface area (TPSA) is 121 Å². The minimum atomic E-state index is -4.55. The molecule has 1 aliphatic carbocycles. The van der Waals surface area contributed by atoms with Crippen molar-refractivity contribution in [1.29, 1.82) is 5.26 Å². The van der Waals surface area contributed by atoms with Crippen LogP contribution in [0, 0.1) is 11.3 Å². The molecule has 0 radical (unpaired) electrons. The van der Waals surface area contributed by atoms with Crippen LogP contribution >= 0.6 is 0 Å². The molecule has 0 amide bonds. The molecule has 236 valence electrons. The highest BCUT2D eigenvalue weighted by molar-refractivity contribution is 5.90. The first-order valence-electron chi connectivity index (χ1n) is 15.3. The molecule has 14 heteroatoms. The van der Waals surface area contributed by atoms with Gasteiger partial charge in [0.05, 0.1) is 37.6 Å². The Balaban J connectivity index is 0.981. The molecule has 1 N–H and O–H groups in total. The minimum absolute atomic E-state index is 0.0311. The molecule has 0 spiro atoms. The van der Waals surface area contributed by atoms with Crippen LogP contribution < -0.4 is 4.74 Å². The van der Waals surface area contributed by atoms with Crippen LogP contribution in [0.2, 0.25) is 0 Å². The summed E-state index contributed by atoms with van der Waals surface area (Å²) in [5.41, 5.74) is 1.60. The molecule has 4 aromatic heterocycles. The maximum absolute atomic E-state index is 13.7. The lowest BCUT2D eigenvalue weighted by Gasteiger charge is -2.53. The van der Waals surface area contributed by atoms with Crippen molar-refractivity contribution in [1.82, 2.24) is 39.5 Å². The zero-order valence-corrected chi connectivity index (χ0v) is 24.7. The summed E-state index contributed by atoms with van der Waals surface area (Å²) in [6.45, 7) is 4.28. The first kappa shape index (κ1) is 29.6. The van der Waals surface area contributed by atoms with Gasteiger partial charge < -0.3 is 14.5 Å². The third-order valence-electron chi connectivity index (χ3n) is 9.21. The number of hydrogen-bond donors (Lipinski definition) is 1. The molecule has 0 unspecified atom stereocenters. The molecule has 3 fully saturated rings. The maximum atomic E-state index is 13.7. The Bertz CT molecular complexity index is 1680. The number of hydrogen-bond acceptors (Lipinski definition) is 9. The number of pyridine rings is 1. The van der Waals surface area contributed by atoms with E-state index in [0.717, 1.165) is 54.0 Å². The summed E-state index contributed by atoms with van der Waals surface area (Å²) in [6, 6.07) is 7.35. The zero-order valence-electron chi connectivity index (χ0n) is 24.7. The molecule has 0 atom stereocenters. The fraction of sp³-hybridized carbons (Fsp3) is 0.516. The Hall–Kier alpha value is -4.06. The highest BCUT2D eigenvalue weighted by atomic mass is 19.4. The van der Waals surface area contributed by atoms with Gasteiger partial charge in [-0.05, 0) is 43.4 Å². The second kappa shape index (κ2) is 12.0. The predicted molar refractivity (Wildman–Crippen MR) is 157 cm³/mol. The van der Waals surface area contributed by atoms with Crippen LogP contribution in [0.4, 0.5) is 13.2 Å². The first-order chi connectivity index (χ1) is 21.8. The van der Waals surface area contributed by atoms with Gasteiger partial charge in [-0.25, -0.2) is 15.0 Å². The van der Waals surface area contributed by atoms with Crippen LogP contribution in [0.15, 0.2) is 43.1 Å². The smallest absolute Gasteiger partial charge is 0.433 e. The third kappa shape index (κ3) is 6.12. The number of nitrogens with zero attached hydrogens (tertiary/aromatic N) is 8. The third-order valence-corrected chi connectivity index (χ3v) is 9.21. The number of likely N-dealkylation sites (tertiary alicyclic amines) is 1. The van der Waals surface area contributed by atoms with E-state index in [2.05, 4.69) is 40.9 Å². The standard InChI is InChI=1S/C31H34F3N9O2/c32-31(33,34)26-13-21(16-41-9-11-44-12-10-41)14-27(40-26)45-24-3-1-23(2-4-24)42-18-30(19-42,6-7-35)43-17-22(15-39-43)28-25-5-8-36-29(25)38-20-37-28/h5,8,13-15,17,20,23-24H,1-4,6,9-12,16,18-19H2,(H,36,37,38)/t23-,24+. The summed E-state index contributed by atoms with van der Waals surface area (Å²) in [7, 11) is 0. The van der Waals surface area contributed by atoms with Gasteiger partial charge in [-0.15, -0.1) is 0 Å². The molecule has 45 heavy (non-hydrogen) atoms. The van der Waals surface area contributed by atoms with Crippen molar-refractivity contribution < 1.29 is 22.6 Å². The number of halogens is 3. The van der Waals surface area contributed by atoms with E-state index in [1.807, 2.05) is 23.1 Å². The molecular formula is C31H34F3N9O2. The Labute approximate surface area is 258 Å². The van der Waals surface area contributed by atoms with Gasteiger partial charge in [-0.1, -0.05) is 0 Å². The number of aromatic nitrogens is 6. The average Bonchev–Trinajstić information content (AvgIpc) is 3.70. The number of morpholine rings is 1. The Morgan fingerprint density at radius 3 is 2.67 bits per heavy atom. The van der Waals surface area contributed by atoms with E-state index in [0.29, 0.717) is 64.0 Å². The molecule has 7 rings (SSSR count). The van der Waals surface area contributed by atoms with E-state index in [-0.39, 0.29) is 12.0 Å². The molecule has 11 nitrogen and oxygen atoms in total. The molecule has 3 aliphatic rings. The number of fused-ring (bicyclic) bond motifs is 1. The highest BCUT2D eigenvalue weighted by Crippen LogP contribution is 2.39. The summed E-state index contributed by atoms with van der Waals surface area (Å²) in [4.78, 5) is 20.1. The summed E-state index contributed by atoms with van der Waals surface area (Å²) in [5, 5.41) is 15.2. The fourth-order valence-corrected chi connectivity index (χ4v) is 6.83. The Morgan fingerprint density at radius 1 is 1.11 bits per heavy atom. The summed E-state index contributed by atoms with van der Waals surface area (Å²) in [5.74, 6) is 0.0311. The molecule has 1 saturated carbocycles. The van der Waals surface area contributed by atoms with E-state index in [4.69, 9.17) is 9.47 Å². The van der Waals surface area contributed by atoms with Gasteiger partial charge in [0, 0.05) is 68.2 Å². The van der Waals surface area contributed by atoms with Crippen molar-refractivity contribution in [3.05, 3.63) is 54.4 Å². The Morgan fingerprint density at radius 2 is 1.91 bits per heavy atom. The summed E-state index contributed by atoms with van der Waals surface area (Å²) < 4.78 is 54.4. The molecule has 6 heterocycles. The Kier molecular flexibility index (Phi) is 7.93. The van der Waals surface area contributed by atoms with E-state index in [9.17, 15) is 18.4 Å². The van der Waals surface area contributed by atoms with E-state index >= 15 is 0 Å². The van der Waals surface area contributed by atoms with Crippen molar-refractivity contribution in [2.75, 3.05) is 39.4 Å². The molecule has 4 aromatic rings. The monoisotopic (exact) mass is 621 g/mol. The average molecular weight is 622 g/mol. The van der Waals surface area contributed by atoms with Crippen molar-refractivity contribution in [2.24, 2.45) is 0 Å². The first-order valence-corrected chi connectivity index (χ1v) is 15.3. The van der Waals surface area contributed by atoms with Gasteiger partial charge in [0.1, 0.15) is 29.3 Å². The molecule has 0 bridgehead atoms. The van der Waals surface area contributed by atoms with Crippen LogP contribution in [0.1, 0.15) is 43.4 Å². The van der Waals surface area contributed by atoms with Crippen LogP contribution in [0.5, 0.6) is 5.88 Å². The van der Waals surface area contributed by atoms with Crippen molar-refractivity contribution in [2.45, 2.75) is 62.5 Å². The lowest BCUT2D eigenvalue weighted by atomic mass is 9.82. The SMILES string of the molecule is N#CCC1(n2cc(-c3ncnc4[nH]ccc34)cn2)CN([C@H]2CC[C@@H](Oc3cc(CN4CCOCC4)cc(C(F)(F)F)n3)CC2)C1. The number of aromatic amines is 1. The fourth-order valence-electron chi connectivity index (χ4n) is 6.83. The maximum Gasteiger partial charge on any atom is 0.433 e. The van der Waals surface area contributed by atoms with Crippen LogP contribution in [-0.2, 0) is 23.0 Å². The van der Waals surface area contributed by atoms with Crippen LogP contribution in [0.3, 0.4) is 0 Å². The normalized spacial score (nSPS) is 22.6. The minimum Gasteiger partial charge on any atom is -0.474 e. The lowest BCUT2D eigenvalue weighted by molar-refractivity contribution is -0.141. The molecular weight excluding hydrogens is 587 g/mol. The highest BCUT2D eigenvalue weighted by Gasteiger charge is 2.48. The molecule has 2 saturated heterocycles. The van der Waals surface area contributed by atoms with Crippen molar-refractivity contribution in [3.8, 4) is 23.2 Å². The van der Waals surface area contributed by atoms with Crippen molar-refractivity contribution >= 4 is 11.0 Å². The van der Waals surface area contributed by atoms with Crippen LogP contribution in [-0.4, -0.2) is 91.1 Å². The van der Waals surface area contributed by atoms with Gasteiger partial charge in [0.2, 0.25) is 5.88 Å². The number of nitrogens with one attached hydrogen (secondary N) is 1. The zero-order chi connectivity index (χ0) is 31.0. The summed E-state index contributed by atoms with van der Waals surface area (Å²) in [6.07, 6.45) is 5.81. The van der Waals surface area contributed by atoms with E-state index in [1.54, 1.807) is 12.3 Å². The molecule has 0 aromatic carbocycles. The number of nitriles is 1. The quantitative estimate of drug-likeness (QED) is 0.306. The second-order valence-electron chi connectivity index (χ2n) is 12.2. The van der Waals surface area contributed by atoms with Crippen LogP contribution in [0.25, 0.3) is 22.3 Å². The van der Waals surface area contributed by atoms with E-state index in [1.165, 1.54) is 6.33 Å². The number of rotatable bonds is 8.